The second kappa shape index (κ2) is 7.89. The highest BCUT2D eigenvalue weighted by Crippen LogP contribution is 1.75. The van der Waals surface area contributed by atoms with Crippen LogP contribution in [0, 0.1) is 0 Å². The van der Waals surface area contributed by atoms with E-state index in [-0.39, 0.29) is 0 Å². The van der Waals surface area contributed by atoms with E-state index in [1.165, 1.54) is 0 Å². The van der Waals surface area contributed by atoms with Crippen LogP contribution >= 0.6 is 0 Å². The summed E-state index contributed by atoms with van der Waals surface area (Å²) < 4.78 is 0. The Morgan fingerprint density at radius 2 is 1.70 bits per heavy atom. The van der Waals surface area contributed by atoms with Gasteiger partial charge < -0.3 is 0 Å². The molecule has 0 aromatic carbocycles. The lowest BCUT2D eigenvalue weighted by atomic mass is 10.4. The Hall–Kier alpha value is -1.11. The van der Waals surface area contributed by atoms with Crippen molar-refractivity contribution in [2.24, 2.45) is 4.99 Å². The summed E-state index contributed by atoms with van der Waals surface area (Å²) in [6.07, 6.45) is 13.1. The van der Waals surface area contributed by atoms with Crippen molar-refractivity contribution < 1.29 is 0 Å². The first-order valence-corrected chi connectivity index (χ1v) is 3.34. The largest absolute Gasteiger partial charge is 0.265 e. The molecule has 54 valence electrons. The Morgan fingerprint density at radius 3 is 2.30 bits per heavy atom. The van der Waals surface area contributed by atoms with Gasteiger partial charge in [-0.1, -0.05) is 24.3 Å². The SMILES string of the molecule is C\C=C/C=C\C=N\C=C\C. The molecular weight excluding hydrogens is 122 g/mol. The molecule has 0 aliphatic rings. The molecule has 0 radical (unpaired) electrons. The number of rotatable bonds is 3. The van der Waals surface area contributed by atoms with Crippen LogP contribution in [0.1, 0.15) is 13.8 Å². The van der Waals surface area contributed by atoms with Crippen molar-refractivity contribution in [2.75, 3.05) is 0 Å². The molecule has 0 aromatic heterocycles. The van der Waals surface area contributed by atoms with Gasteiger partial charge in [0.2, 0.25) is 0 Å². The van der Waals surface area contributed by atoms with Crippen molar-refractivity contribution in [3.63, 3.8) is 0 Å². The fourth-order valence-electron chi connectivity index (χ4n) is 0.410. The van der Waals surface area contributed by atoms with Crippen molar-refractivity contribution in [1.29, 1.82) is 0 Å². The molecule has 0 aromatic rings. The van der Waals surface area contributed by atoms with Crippen molar-refractivity contribution in [1.82, 2.24) is 0 Å². The second-order valence-electron chi connectivity index (χ2n) is 1.69. The quantitative estimate of drug-likeness (QED) is 0.417. The van der Waals surface area contributed by atoms with Gasteiger partial charge in [-0.3, -0.25) is 4.99 Å². The molecule has 0 heterocycles. The Labute approximate surface area is 62.5 Å². The first-order valence-electron chi connectivity index (χ1n) is 3.34. The highest BCUT2D eigenvalue weighted by molar-refractivity contribution is 5.71. The average Bonchev–Trinajstić information content (AvgIpc) is 1.97. The molecule has 0 fully saturated rings. The van der Waals surface area contributed by atoms with E-state index < -0.39 is 0 Å². The molecule has 1 nitrogen and oxygen atoms in total. The zero-order valence-corrected chi connectivity index (χ0v) is 6.49. The van der Waals surface area contributed by atoms with Crippen LogP contribution < -0.4 is 0 Å². The third-order valence-corrected chi connectivity index (χ3v) is 0.822. The molecule has 0 aliphatic carbocycles. The van der Waals surface area contributed by atoms with E-state index in [9.17, 15) is 0 Å². The van der Waals surface area contributed by atoms with Gasteiger partial charge in [0.15, 0.2) is 0 Å². The maximum atomic E-state index is 3.94. The van der Waals surface area contributed by atoms with E-state index in [0.717, 1.165) is 0 Å². The molecule has 0 amide bonds. The maximum absolute atomic E-state index is 3.94. The van der Waals surface area contributed by atoms with Crippen LogP contribution in [0.2, 0.25) is 0 Å². The number of hydrogen-bond acceptors (Lipinski definition) is 1. The predicted octanol–water partition coefficient (Wildman–Crippen LogP) is 2.72. The van der Waals surface area contributed by atoms with Gasteiger partial charge >= 0.3 is 0 Å². The second-order valence-corrected chi connectivity index (χ2v) is 1.69. The van der Waals surface area contributed by atoms with Gasteiger partial charge in [0.05, 0.1) is 0 Å². The van der Waals surface area contributed by atoms with E-state index in [0.29, 0.717) is 0 Å². The lowest BCUT2D eigenvalue weighted by Gasteiger charge is -1.71. The van der Waals surface area contributed by atoms with Crippen LogP contribution in [0.5, 0.6) is 0 Å². The summed E-state index contributed by atoms with van der Waals surface area (Å²) in [6, 6.07) is 0. The molecule has 0 rings (SSSR count). The monoisotopic (exact) mass is 135 g/mol. The fraction of sp³-hybridized carbons (Fsp3) is 0.222. The maximum Gasteiger partial charge on any atom is 0.0267 e. The van der Waals surface area contributed by atoms with Crippen LogP contribution in [0.3, 0.4) is 0 Å². The van der Waals surface area contributed by atoms with Crippen molar-refractivity contribution in [3.05, 3.63) is 36.6 Å². The molecule has 0 N–H and O–H groups in total. The lowest BCUT2D eigenvalue weighted by molar-refractivity contribution is 1.55. The molecule has 0 saturated heterocycles. The van der Waals surface area contributed by atoms with Crippen LogP contribution in [0.15, 0.2) is 41.6 Å². The Morgan fingerprint density at radius 1 is 0.900 bits per heavy atom. The zero-order chi connectivity index (χ0) is 7.66. The van der Waals surface area contributed by atoms with Gasteiger partial charge in [0.25, 0.3) is 0 Å². The Kier molecular flexibility index (Phi) is 7.01. The average molecular weight is 135 g/mol. The molecule has 0 bridgehead atoms. The fourth-order valence-corrected chi connectivity index (χ4v) is 0.410. The van der Waals surface area contributed by atoms with Gasteiger partial charge in [0.1, 0.15) is 0 Å². The van der Waals surface area contributed by atoms with E-state index in [1.807, 2.05) is 44.2 Å². The number of aliphatic imine (C=N–C) groups is 1. The lowest BCUT2D eigenvalue weighted by Crippen LogP contribution is -1.59. The van der Waals surface area contributed by atoms with Crippen LogP contribution in [0.4, 0.5) is 0 Å². The molecular formula is C9H13N. The predicted molar refractivity (Wildman–Crippen MR) is 47.3 cm³/mol. The Balaban J connectivity index is 3.51. The van der Waals surface area contributed by atoms with E-state index in [1.54, 1.807) is 12.4 Å². The molecule has 0 saturated carbocycles. The minimum atomic E-state index is 1.75. The number of hydrogen-bond donors (Lipinski definition) is 0. The van der Waals surface area contributed by atoms with E-state index >= 15 is 0 Å². The molecule has 10 heavy (non-hydrogen) atoms. The van der Waals surface area contributed by atoms with Gasteiger partial charge in [-0.15, -0.1) is 0 Å². The molecule has 0 unspecified atom stereocenters. The smallest absolute Gasteiger partial charge is 0.0267 e. The number of nitrogens with zero attached hydrogens (tertiary/aromatic N) is 1. The van der Waals surface area contributed by atoms with Crippen molar-refractivity contribution >= 4 is 6.21 Å². The summed E-state index contributed by atoms with van der Waals surface area (Å²) in [5, 5.41) is 0. The minimum Gasteiger partial charge on any atom is -0.265 e. The summed E-state index contributed by atoms with van der Waals surface area (Å²) in [7, 11) is 0. The van der Waals surface area contributed by atoms with E-state index in [4.69, 9.17) is 0 Å². The highest BCUT2D eigenvalue weighted by atomic mass is 14.6. The van der Waals surface area contributed by atoms with Crippen molar-refractivity contribution in [2.45, 2.75) is 13.8 Å². The normalized spacial score (nSPS) is 13.4. The summed E-state index contributed by atoms with van der Waals surface area (Å²) in [5.41, 5.74) is 0. The summed E-state index contributed by atoms with van der Waals surface area (Å²) in [6.45, 7) is 3.92. The van der Waals surface area contributed by atoms with Gasteiger partial charge in [-0.2, -0.15) is 0 Å². The highest BCUT2D eigenvalue weighted by Gasteiger charge is 1.59. The molecule has 0 spiro atoms. The molecule has 0 aliphatic heterocycles. The van der Waals surface area contributed by atoms with Crippen LogP contribution in [-0.4, -0.2) is 6.21 Å². The topological polar surface area (TPSA) is 12.4 Å². The Bertz CT molecular complexity index is 142. The zero-order valence-electron chi connectivity index (χ0n) is 6.49. The van der Waals surface area contributed by atoms with Crippen LogP contribution in [0.25, 0.3) is 0 Å². The summed E-state index contributed by atoms with van der Waals surface area (Å²) >= 11 is 0. The summed E-state index contributed by atoms with van der Waals surface area (Å²) in [4.78, 5) is 3.94. The third-order valence-electron chi connectivity index (χ3n) is 0.822. The molecule has 1 heteroatoms. The first-order chi connectivity index (χ1) is 4.91. The summed E-state index contributed by atoms with van der Waals surface area (Å²) in [5.74, 6) is 0. The van der Waals surface area contributed by atoms with Crippen molar-refractivity contribution in [3.8, 4) is 0 Å². The number of allylic oxidation sites excluding steroid dienone is 5. The van der Waals surface area contributed by atoms with Gasteiger partial charge in [-0.05, 0) is 19.9 Å². The van der Waals surface area contributed by atoms with E-state index in [2.05, 4.69) is 4.99 Å². The third kappa shape index (κ3) is 6.89. The standard InChI is InChI=1S/C9H13N/c1-3-5-6-7-9-10-8-4-2/h3-9H,1-2H3/b5-3-,7-6-,8-4+,10-9+. The first kappa shape index (κ1) is 8.89. The van der Waals surface area contributed by atoms with Gasteiger partial charge in [-0.25, -0.2) is 0 Å². The van der Waals surface area contributed by atoms with Gasteiger partial charge in [0, 0.05) is 12.4 Å². The minimum absolute atomic E-state index is 1.75. The molecule has 0 atom stereocenters. The van der Waals surface area contributed by atoms with Crippen LogP contribution in [-0.2, 0) is 0 Å².